The molecule has 0 heterocycles. The summed E-state index contributed by atoms with van der Waals surface area (Å²) in [6.45, 7) is 4.98. The average Bonchev–Trinajstić information content (AvgIpc) is 1.22. The molecule has 0 spiro atoms. The van der Waals surface area contributed by atoms with Gasteiger partial charge in [-0.1, -0.05) is 349 Å². The van der Waals surface area contributed by atoms with E-state index in [1.165, 1.54) is 231 Å². The molecule has 2 unspecified atom stereocenters. The van der Waals surface area contributed by atoms with Crippen molar-refractivity contribution in [3.05, 3.63) is 0 Å². The number of carbonyl (C=O) groups excluding carboxylic acids is 4. The first-order valence-corrected chi connectivity index (χ1v) is 42.3. The van der Waals surface area contributed by atoms with Crippen LogP contribution in [0.3, 0.4) is 0 Å². The van der Waals surface area contributed by atoms with Crippen LogP contribution in [0.25, 0.3) is 0 Å². The first kappa shape index (κ1) is 92.1. The second-order valence-electron chi connectivity index (χ2n) is 27.0. The summed E-state index contributed by atoms with van der Waals surface area (Å²) in [5.74, 6) is -2.11. The molecule has 0 rings (SSSR count). The predicted octanol–water partition coefficient (Wildman–Crippen LogP) is 22.2. The molecule has 0 aromatic carbocycles. The Morgan fingerprint density at radius 1 is 0.255 bits per heavy atom. The topological polar surface area (TPSA) is 237 Å². The molecule has 0 aliphatic rings. The largest absolute Gasteiger partial charge is 0.472 e. The van der Waals surface area contributed by atoms with Crippen LogP contribution in [0.15, 0.2) is 0 Å². The SMILES string of the molecule is CCCCCCCCCCCCCCCCCCCCCC(=O)O[C@H](COC(=O)CCCCCCCCCCCCCCC)COP(=O)(O)OC[C@@H](O)COP(=O)(O)OC[C@@H](COC(=O)CCCCCCCCCCCCC)OC(=O)CCCCCCCCCCCCC. The molecule has 0 aliphatic heterocycles. The normalized spacial score (nSPS) is 13.9. The van der Waals surface area contributed by atoms with Gasteiger partial charge >= 0.3 is 39.5 Å². The van der Waals surface area contributed by atoms with E-state index in [2.05, 4.69) is 27.7 Å². The maximum Gasteiger partial charge on any atom is 0.472 e. The Morgan fingerprint density at radius 3 is 0.628 bits per heavy atom. The monoisotopic (exact) mass is 1380 g/mol. The molecule has 0 aromatic heterocycles. The zero-order valence-electron chi connectivity index (χ0n) is 60.9. The van der Waals surface area contributed by atoms with E-state index in [0.717, 1.165) is 89.9 Å². The van der Waals surface area contributed by atoms with Crippen LogP contribution in [0.5, 0.6) is 0 Å². The van der Waals surface area contributed by atoms with Gasteiger partial charge in [0, 0.05) is 25.7 Å². The van der Waals surface area contributed by atoms with Gasteiger partial charge < -0.3 is 33.8 Å². The van der Waals surface area contributed by atoms with Crippen LogP contribution in [-0.2, 0) is 65.4 Å². The minimum atomic E-state index is -4.95. The van der Waals surface area contributed by atoms with E-state index in [1.54, 1.807) is 0 Å². The maximum absolute atomic E-state index is 13.1. The van der Waals surface area contributed by atoms with Gasteiger partial charge in [-0.05, 0) is 25.7 Å². The van der Waals surface area contributed by atoms with Crippen molar-refractivity contribution in [2.45, 2.75) is 418 Å². The van der Waals surface area contributed by atoms with Crippen LogP contribution in [0, 0.1) is 0 Å². The number of ether oxygens (including phenoxy) is 4. The van der Waals surface area contributed by atoms with Gasteiger partial charge in [0.25, 0.3) is 0 Å². The maximum atomic E-state index is 13.1. The van der Waals surface area contributed by atoms with Gasteiger partial charge in [0.1, 0.15) is 19.3 Å². The highest BCUT2D eigenvalue weighted by atomic mass is 31.2. The average molecular weight is 1380 g/mol. The van der Waals surface area contributed by atoms with E-state index in [1.807, 2.05) is 0 Å². The van der Waals surface area contributed by atoms with Crippen LogP contribution in [0.4, 0.5) is 0 Å². The van der Waals surface area contributed by atoms with E-state index in [4.69, 9.17) is 37.0 Å². The highest BCUT2D eigenvalue weighted by Crippen LogP contribution is 2.45. The number of carbonyl (C=O) groups is 4. The van der Waals surface area contributed by atoms with Crippen molar-refractivity contribution in [3.63, 3.8) is 0 Å². The first-order valence-electron chi connectivity index (χ1n) is 39.3. The van der Waals surface area contributed by atoms with Gasteiger partial charge in [-0.25, -0.2) is 9.13 Å². The fourth-order valence-electron chi connectivity index (χ4n) is 11.6. The molecule has 0 fully saturated rings. The Morgan fingerprint density at radius 2 is 0.426 bits per heavy atom. The summed E-state index contributed by atoms with van der Waals surface area (Å²) in [4.78, 5) is 72.7. The Labute approximate surface area is 575 Å². The highest BCUT2D eigenvalue weighted by molar-refractivity contribution is 7.47. The lowest BCUT2D eigenvalue weighted by molar-refractivity contribution is -0.161. The van der Waals surface area contributed by atoms with Crippen molar-refractivity contribution in [3.8, 4) is 0 Å². The second-order valence-corrected chi connectivity index (χ2v) is 29.9. The van der Waals surface area contributed by atoms with Gasteiger partial charge in [-0.15, -0.1) is 0 Å². The van der Waals surface area contributed by atoms with Gasteiger partial charge in [0.15, 0.2) is 12.2 Å². The van der Waals surface area contributed by atoms with Crippen molar-refractivity contribution in [1.82, 2.24) is 0 Å². The zero-order valence-corrected chi connectivity index (χ0v) is 62.7. The molecule has 0 amide bonds. The van der Waals surface area contributed by atoms with E-state index >= 15 is 0 Å². The highest BCUT2D eigenvalue weighted by Gasteiger charge is 2.30. The van der Waals surface area contributed by atoms with Crippen LogP contribution in [0.1, 0.15) is 400 Å². The van der Waals surface area contributed by atoms with Gasteiger partial charge in [0.05, 0.1) is 26.4 Å². The molecule has 0 saturated carbocycles. The van der Waals surface area contributed by atoms with Crippen LogP contribution < -0.4 is 0 Å². The van der Waals surface area contributed by atoms with E-state index < -0.39 is 97.5 Å². The van der Waals surface area contributed by atoms with Crippen molar-refractivity contribution in [2.24, 2.45) is 0 Å². The molecular formula is C75H146O17P2. The predicted molar refractivity (Wildman–Crippen MR) is 382 cm³/mol. The second kappa shape index (κ2) is 69.5. The standard InChI is InChI=1S/C75H146O17P2/c1-5-9-13-17-21-25-29-31-32-33-34-35-36-38-42-46-50-54-58-62-75(80)92-71(66-86-73(78)60-56-52-48-44-41-37-30-26-22-18-14-10-6-2)68-90-94(83,84)88-64-69(76)63-87-93(81,82)89-67-70(91-74(79)61-57-53-49-45-40-28-24-20-16-12-8-4)65-85-72(77)59-55-51-47-43-39-27-23-19-15-11-7-3/h69-71,76H,5-68H2,1-4H3,(H,81,82)(H,83,84)/t69-,70+,71+/m0/s1. The molecule has 0 aromatic rings. The summed E-state index contributed by atoms with van der Waals surface area (Å²) < 4.78 is 68.5. The Hall–Kier alpha value is -1.94. The van der Waals surface area contributed by atoms with E-state index in [0.29, 0.717) is 25.7 Å². The number of aliphatic hydroxyl groups is 1. The molecular weight excluding hydrogens is 1230 g/mol. The van der Waals surface area contributed by atoms with Gasteiger partial charge in [0.2, 0.25) is 0 Å². The quantitative estimate of drug-likeness (QED) is 0.0222. The van der Waals surface area contributed by atoms with Crippen LogP contribution in [0.2, 0.25) is 0 Å². The smallest absolute Gasteiger partial charge is 0.462 e. The lowest BCUT2D eigenvalue weighted by atomic mass is 10.0. The summed E-state index contributed by atoms with van der Waals surface area (Å²) in [6.07, 6.45) is 59.5. The van der Waals surface area contributed by atoms with E-state index in [-0.39, 0.29) is 25.7 Å². The van der Waals surface area contributed by atoms with Crippen LogP contribution >= 0.6 is 15.6 Å². The van der Waals surface area contributed by atoms with Crippen LogP contribution in [-0.4, -0.2) is 96.7 Å². The Kier molecular flexibility index (Phi) is 68.1. The molecule has 0 radical (unpaired) electrons. The molecule has 5 atom stereocenters. The summed E-state index contributed by atoms with van der Waals surface area (Å²) in [5.41, 5.74) is 0. The zero-order chi connectivity index (χ0) is 69.0. The summed E-state index contributed by atoms with van der Waals surface area (Å²) >= 11 is 0. The number of hydrogen-bond donors (Lipinski definition) is 3. The lowest BCUT2D eigenvalue weighted by Crippen LogP contribution is -2.30. The molecule has 0 aliphatic carbocycles. The Balaban J connectivity index is 5.21. The molecule has 17 nitrogen and oxygen atoms in total. The number of phosphoric acid groups is 2. The molecule has 19 heteroatoms. The van der Waals surface area contributed by atoms with Crippen molar-refractivity contribution in [2.75, 3.05) is 39.6 Å². The third kappa shape index (κ3) is 68.6. The number of unbranched alkanes of at least 4 members (excludes halogenated alkanes) is 50. The van der Waals surface area contributed by atoms with Gasteiger partial charge in [-0.2, -0.15) is 0 Å². The molecule has 94 heavy (non-hydrogen) atoms. The fraction of sp³-hybridized carbons (Fsp3) is 0.947. The Bertz CT molecular complexity index is 1790. The molecule has 558 valence electrons. The number of aliphatic hydroxyl groups excluding tert-OH is 1. The molecule has 0 saturated heterocycles. The van der Waals surface area contributed by atoms with E-state index in [9.17, 15) is 43.2 Å². The third-order valence-electron chi connectivity index (χ3n) is 17.6. The third-order valence-corrected chi connectivity index (χ3v) is 19.5. The lowest BCUT2D eigenvalue weighted by Gasteiger charge is -2.21. The van der Waals surface area contributed by atoms with Crippen molar-refractivity contribution >= 4 is 39.5 Å². The summed E-state index contributed by atoms with van der Waals surface area (Å²) in [6, 6.07) is 0. The summed E-state index contributed by atoms with van der Waals surface area (Å²) in [7, 11) is -9.90. The number of esters is 4. The summed E-state index contributed by atoms with van der Waals surface area (Å²) in [5, 5.41) is 10.6. The first-order chi connectivity index (χ1) is 45.7. The number of rotatable bonds is 76. The van der Waals surface area contributed by atoms with Crippen molar-refractivity contribution in [1.29, 1.82) is 0 Å². The fourth-order valence-corrected chi connectivity index (χ4v) is 13.2. The minimum Gasteiger partial charge on any atom is -0.462 e. The van der Waals surface area contributed by atoms with Gasteiger partial charge in [-0.3, -0.25) is 37.3 Å². The number of phosphoric ester groups is 2. The number of hydrogen-bond acceptors (Lipinski definition) is 15. The molecule has 0 bridgehead atoms. The van der Waals surface area contributed by atoms with Crippen molar-refractivity contribution < 1.29 is 80.2 Å². The molecule has 3 N–H and O–H groups in total. The minimum absolute atomic E-state index is 0.108.